The van der Waals surface area contributed by atoms with E-state index in [1.165, 1.54) is 32.4 Å². The maximum Gasteiger partial charge on any atom is 0.335 e. The van der Waals surface area contributed by atoms with Gasteiger partial charge in [0.25, 0.3) is 0 Å². The second kappa shape index (κ2) is 6.06. The molecule has 0 spiro atoms. The summed E-state index contributed by atoms with van der Waals surface area (Å²) >= 11 is 0. The molecular formula is C13H17NO5S. The summed E-state index contributed by atoms with van der Waals surface area (Å²) in [6.07, 6.45) is 0. The van der Waals surface area contributed by atoms with Crippen molar-refractivity contribution in [3.8, 4) is 5.75 Å². The zero-order valence-electron chi connectivity index (χ0n) is 11.6. The number of ether oxygens (including phenoxy) is 1. The first-order valence-electron chi connectivity index (χ1n) is 5.72. The van der Waals surface area contributed by atoms with Crippen molar-refractivity contribution in [1.29, 1.82) is 0 Å². The van der Waals surface area contributed by atoms with Gasteiger partial charge in [-0.1, -0.05) is 12.2 Å². The second-order valence-corrected chi connectivity index (χ2v) is 6.40. The van der Waals surface area contributed by atoms with Gasteiger partial charge in [0.1, 0.15) is 10.6 Å². The second-order valence-electron chi connectivity index (χ2n) is 4.39. The molecule has 0 bridgehead atoms. The van der Waals surface area contributed by atoms with E-state index >= 15 is 0 Å². The molecular weight excluding hydrogens is 282 g/mol. The molecule has 0 unspecified atom stereocenters. The van der Waals surface area contributed by atoms with Gasteiger partial charge in [-0.15, -0.1) is 0 Å². The average molecular weight is 299 g/mol. The van der Waals surface area contributed by atoms with Crippen LogP contribution in [0.5, 0.6) is 5.75 Å². The molecule has 1 rings (SSSR count). The van der Waals surface area contributed by atoms with E-state index in [2.05, 4.69) is 6.58 Å². The number of benzene rings is 1. The van der Waals surface area contributed by atoms with E-state index < -0.39 is 16.0 Å². The summed E-state index contributed by atoms with van der Waals surface area (Å²) < 4.78 is 30.9. The van der Waals surface area contributed by atoms with Gasteiger partial charge in [-0.05, 0) is 25.1 Å². The molecule has 1 N–H and O–H groups in total. The SMILES string of the molecule is C=C(C)CN(C)S(=O)(=O)c1ccc(C(=O)O)cc1OC. The maximum atomic E-state index is 12.4. The minimum absolute atomic E-state index is 0.00142. The summed E-state index contributed by atoms with van der Waals surface area (Å²) in [5.74, 6) is -1.15. The molecule has 0 fully saturated rings. The lowest BCUT2D eigenvalue weighted by Crippen LogP contribution is -2.28. The Labute approximate surface area is 118 Å². The van der Waals surface area contributed by atoms with Crippen LogP contribution >= 0.6 is 0 Å². The lowest BCUT2D eigenvalue weighted by Gasteiger charge is -2.19. The first-order valence-corrected chi connectivity index (χ1v) is 7.16. The van der Waals surface area contributed by atoms with Crippen LogP contribution in [0.3, 0.4) is 0 Å². The van der Waals surface area contributed by atoms with E-state index in [4.69, 9.17) is 9.84 Å². The number of hydrogen-bond acceptors (Lipinski definition) is 4. The average Bonchev–Trinajstić information content (AvgIpc) is 2.36. The number of hydrogen-bond donors (Lipinski definition) is 1. The van der Waals surface area contributed by atoms with Crippen LogP contribution in [0.2, 0.25) is 0 Å². The van der Waals surface area contributed by atoms with Crippen LogP contribution in [0.15, 0.2) is 35.2 Å². The molecule has 0 heterocycles. The normalized spacial score (nSPS) is 11.4. The molecule has 0 aromatic heterocycles. The molecule has 1 aromatic carbocycles. The van der Waals surface area contributed by atoms with Gasteiger partial charge in [-0.2, -0.15) is 4.31 Å². The number of nitrogens with zero attached hydrogens (tertiary/aromatic N) is 1. The van der Waals surface area contributed by atoms with Crippen molar-refractivity contribution in [2.75, 3.05) is 20.7 Å². The van der Waals surface area contributed by atoms with Gasteiger partial charge in [-0.3, -0.25) is 0 Å². The van der Waals surface area contributed by atoms with Crippen molar-refractivity contribution < 1.29 is 23.1 Å². The van der Waals surface area contributed by atoms with Crippen LogP contribution in [0.25, 0.3) is 0 Å². The highest BCUT2D eigenvalue weighted by atomic mass is 32.2. The Hall–Kier alpha value is -1.86. The number of likely N-dealkylation sites (N-methyl/N-ethyl adjacent to an activating group) is 1. The standard InChI is InChI=1S/C13H17NO5S/c1-9(2)8-14(3)20(17,18)12-6-5-10(13(15)16)7-11(12)19-4/h5-7H,1,8H2,2-4H3,(H,15,16). The van der Waals surface area contributed by atoms with Crippen LogP contribution < -0.4 is 4.74 Å². The Morgan fingerprint density at radius 1 is 1.45 bits per heavy atom. The highest BCUT2D eigenvalue weighted by Gasteiger charge is 2.25. The number of methoxy groups -OCH3 is 1. The predicted octanol–water partition coefficient (Wildman–Crippen LogP) is 1.59. The molecule has 7 heteroatoms. The molecule has 0 aliphatic rings. The lowest BCUT2D eigenvalue weighted by atomic mass is 10.2. The molecule has 0 saturated carbocycles. The lowest BCUT2D eigenvalue weighted by molar-refractivity contribution is 0.0696. The Balaban J connectivity index is 3.31. The van der Waals surface area contributed by atoms with E-state index in [-0.39, 0.29) is 22.8 Å². The zero-order valence-corrected chi connectivity index (χ0v) is 12.4. The van der Waals surface area contributed by atoms with Gasteiger partial charge >= 0.3 is 5.97 Å². The molecule has 1 aromatic rings. The Bertz CT molecular complexity index is 636. The van der Waals surface area contributed by atoms with Crippen molar-refractivity contribution >= 4 is 16.0 Å². The molecule has 0 aliphatic heterocycles. The number of sulfonamides is 1. The van der Waals surface area contributed by atoms with Crippen LogP contribution in [0, 0.1) is 0 Å². The monoisotopic (exact) mass is 299 g/mol. The minimum Gasteiger partial charge on any atom is -0.495 e. The van der Waals surface area contributed by atoms with Crippen molar-refractivity contribution in [3.63, 3.8) is 0 Å². The number of carboxylic acids is 1. The molecule has 0 radical (unpaired) electrons. The van der Waals surface area contributed by atoms with Crippen LogP contribution in [0.4, 0.5) is 0 Å². The predicted molar refractivity (Wildman–Crippen MR) is 74.6 cm³/mol. The van der Waals surface area contributed by atoms with Crippen molar-refractivity contribution in [1.82, 2.24) is 4.31 Å². The van der Waals surface area contributed by atoms with Gasteiger partial charge < -0.3 is 9.84 Å². The van der Waals surface area contributed by atoms with E-state index in [0.29, 0.717) is 5.57 Å². The fourth-order valence-electron chi connectivity index (χ4n) is 1.65. The van der Waals surface area contributed by atoms with E-state index in [1.807, 2.05) is 0 Å². The third-order valence-electron chi connectivity index (χ3n) is 2.59. The van der Waals surface area contributed by atoms with Crippen molar-refractivity contribution in [2.24, 2.45) is 0 Å². The Morgan fingerprint density at radius 2 is 2.05 bits per heavy atom. The molecule has 6 nitrogen and oxygen atoms in total. The van der Waals surface area contributed by atoms with Gasteiger partial charge in [0.05, 0.1) is 12.7 Å². The zero-order chi connectivity index (χ0) is 15.5. The summed E-state index contributed by atoms with van der Waals surface area (Å²) in [6, 6.07) is 3.64. The van der Waals surface area contributed by atoms with E-state index in [9.17, 15) is 13.2 Å². The summed E-state index contributed by atoms with van der Waals surface area (Å²) in [5, 5.41) is 8.90. The smallest absolute Gasteiger partial charge is 0.335 e. The fraction of sp³-hybridized carbons (Fsp3) is 0.308. The van der Waals surface area contributed by atoms with Crippen molar-refractivity contribution in [3.05, 3.63) is 35.9 Å². The highest BCUT2D eigenvalue weighted by molar-refractivity contribution is 7.89. The molecule has 20 heavy (non-hydrogen) atoms. The highest BCUT2D eigenvalue weighted by Crippen LogP contribution is 2.27. The molecule has 0 saturated heterocycles. The quantitative estimate of drug-likeness (QED) is 0.806. The maximum absolute atomic E-state index is 12.4. The molecule has 0 atom stereocenters. The third-order valence-corrected chi connectivity index (χ3v) is 4.43. The van der Waals surface area contributed by atoms with Gasteiger partial charge in [0.2, 0.25) is 10.0 Å². The number of aromatic carboxylic acids is 1. The summed E-state index contributed by atoms with van der Waals surface area (Å²) in [4.78, 5) is 10.8. The van der Waals surface area contributed by atoms with E-state index in [1.54, 1.807) is 6.92 Å². The first kappa shape index (κ1) is 16.2. The minimum atomic E-state index is -3.76. The Morgan fingerprint density at radius 3 is 2.50 bits per heavy atom. The third kappa shape index (κ3) is 3.37. The number of carbonyl (C=O) groups is 1. The molecule has 0 aliphatic carbocycles. The van der Waals surface area contributed by atoms with Crippen LogP contribution in [0.1, 0.15) is 17.3 Å². The fourth-order valence-corrected chi connectivity index (χ4v) is 3.01. The van der Waals surface area contributed by atoms with Gasteiger partial charge in [0.15, 0.2) is 0 Å². The van der Waals surface area contributed by atoms with Crippen molar-refractivity contribution in [2.45, 2.75) is 11.8 Å². The van der Waals surface area contributed by atoms with Crippen LogP contribution in [-0.4, -0.2) is 44.5 Å². The summed E-state index contributed by atoms with van der Waals surface area (Å²) in [5.41, 5.74) is 0.653. The first-order chi connectivity index (χ1) is 9.20. The largest absolute Gasteiger partial charge is 0.495 e. The number of carboxylic acid groups (broad SMARTS) is 1. The summed E-state index contributed by atoms with van der Waals surface area (Å²) in [6.45, 7) is 5.56. The van der Waals surface area contributed by atoms with Gasteiger partial charge in [-0.25, -0.2) is 13.2 Å². The van der Waals surface area contributed by atoms with Gasteiger partial charge in [0, 0.05) is 13.6 Å². The topological polar surface area (TPSA) is 83.9 Å². The molecule has 0 amide bonds. The Kier molecular flexibility index (Phi) is 4.91. The van der Waals surface area contributed by atoms with E-state index in [0.717, 1.165) is 4.31 Å². The summed E-state index contributed by atoms with van der Waals surface area (Å²) in [7, 11) is -1.05. The number of rotatable bonds is 6. The van der Waals surface area contributed by atoms with Crippen LogP contribution in [-0.2, 0) is 10.0 Å². The molecule has 110 valence electrons.